The van der Waals surface area contributed by atoms with Crippen LogP contribution in [-0.2, 0) is 31.9 Å². The number of hydrogen-bond acceptors (Lipinski definition) is 3. The Balaban J connectivity index is 0.00000592. The van der Waals surface area contributed by atoms with Crippen molar-refractivity contribution < 1.29 is 30.3 Å². The van der Waals surface area contributed by atoms with Crippen LogP contribution in [0.3, 0.4) is 0 Å². The molecule has 0 aliphatic rings. The van der Waals surface area contributed by atoms with Crippen LogP contribution in [0.1, 0.15) is 67.9 Å². The first-order valence-electron chi connectivity index (χ1n) is 22.7. The maximum absolute atomic E-state index is 12.0. The molecule has 0 aliphatic carbocycles. The summed E-state index contributed by atoms with van der Waals surface area (Å²) in [5.41, 5.74) is 15.0. The second kappa shape index (κ2) is 17.1. The molecule has 9 aromatic rings. The Labute approximate surface area is 390 Å². The van der Waals surface area contributed by atoms with Crippen LogP contribution in [0.25, 0.3) is 83.9 Å². The summed E-state index contributed by atoms with van der Waals surface area (Å²) in [5.74, 6) is 0.679. The monoisotopic (exact) mass is 1000 g/mol. The van der Waals surface area contributed by atoms with Gasteiger partial charge >= 0.3 is 0 Å². The molecule has 0 atom stereocenters. The van der Waals surface area contributed by atoms with E-state index in [1.165, 1.54) is 5.56 Å². The summed E-state index contributed by atoms with van der Waals surface area (Å²) in [7, 11) is 0. The van der Waals surface area contributed by atoms with Crippen molar-refractivity contribution in [1.82, 2.24) is 14.5 Å². The van der Waals surface area contributed by atoms with Crippen molar-refractivity contribution in [3.8, 4) is 78.6 Å². The molecule has 7 aromatic carbocycles. The van der Waals surface area contributed by atoms with Crippen molar-refractivity contribution in [3.63, 3.8) is 0 Å². The number of rotatable bonds is 7. The average molecular weight is 1010 g/mol. The number of phenols is 1. The number of nitrogens with zero attached hydrogens (tertiary/aromatic N) is 3. The molecule has 0 bridgehead atoms. The first kappa shape index (κ1) is 39.5. The molecule has 5 heteroatoms. The molecule has 0 spiro atoms. The van der Waals surface area contributed by atoms with E-state index in [1.54, 1.807) is 12.1 Å². The Morgan fingerprint density at radius 2 is 1.19 bits per heavy atom. The van der Waals surface area contributed by atoms with Crippen molar-refractivity contribution in [2.75, 3.05) is 0 Å². The first-order chi connectivity index (χ1) is 30.9. The molecule has 2 heterocycles. The molecule has 4 nitrogen and oxygen atoms in total. The van der Waals surface area contributed by atoms with Gasteiger partial charge in [0.25, 0.3) is 0 Å². The molecule has 0 fully saturated rings. The Morgan fingerprint density at radius 1 is 0.571 bits per heavy atom. The van der Waals surface area contributed by atoms with Crippen molar-refractivity contribution in [3.05, 3.63) is 192 Å². The third kappa shape index (κ3) is 8.58. The summed E-state index contributed by atoms with van der Waals surface area (Å²) in [6.45, 7) is 12.7. The van der Waals surface area contributed by atoms with Crippen LogP contribution in [0, 0.1) is 19.8 Å². The zero-order valence-electron chi connectivity index (χ0n) is 39.7. The number of pyridine rings is 1. The van der Waals surface area contributed by atoms with E-state index in [1.807, 2.05) is 85.9 Å². The van der Waals surface area contributed by atoms with E-state index < -0.39 is 6.85 Å². The van der Waals surface area contributed by atoms with Gasteiger partial charge in [0, 0.05) is 42.6 Å². The molecule has 0 saturated carbocycles. The van der Waals surface area contributed by atoms with E-state index >= 15 is 0 Å². The van der Waals surface area contributed by atoms with E-state index in [0.717, 1.165) is 78.1 Å². The van der Waals surface area contributed by atoms with Gasteiger partial charge in [0.15, 0.2) is 0 Å². The molecule has 0 radical (unpaired) electrons. The normalized spacial score (nSPS) is 12.7. The van der Waals surface area contributed by atoms with Gasteiger partial charge in [0.1, 0.15) is 11.6 Å². The van der Waals surface area contributed by atoms with E-state index in [9.17, 15) is 5.11 Å². The smallest absolute Gasteiger partial charge is 0.148 e. The number of aryl methyl sites for hydroxylation is 2. The maximum Gasteiger partial charge on any atom is 0.148 e. The number of hydrogen-bond donors (Lipinski definition) is 1. The minimum Gasteiger partial charge on any atom is -0.507 e. The van der Waals surface area contributed by atoms with Crippen LogP contribution < -0.4 is 0 Å². The van der Waals surface area contributed by atoms with Gasteiger partial charge in [0.05, 0.1) is 22.3 Å². The van der Waals surface area contributed by atoms with Gasteiger partial charge < -0.3 is 5.11 Å². The predicted octanol–water partition coefficient (Wildman–Crippen LogP) is 15.1. The number of para-hydroxylation sites is 1. The summed E-state index contributed by atoms with van der Waals surface area (Å²) >= 11 is 0. The SMILES string of the molecule is [2H]C([2H])([2H])c1ccc(-n2c(-c3cc(C(C)(C)C)cc(C)c3O)nc3c(-c4[c-]c(-c5cc(-c6ccc(-c7ccccc7)cc6)ccn5)cc(C(C)(C)C)c4)cccc32)c(-c2ccccc2)c1.[Pt]. The van der Waals surface area contributed by atoms with Crippen LogP contribution >= 0.6 is 0 Å². The second-order valence-electron chi connectivity index (χ2n) is 18.3. The number of aromatic hydroxyl groups is 1. The Hall–Kier alpha value is -6.35. The zero-order valence-corrected chi connectivity index (χ0v) is 39.0. The molecule has 0 aliphatic heterocycles. The number of phenolic OH excluding ortho intramolecular Hbond substituents is 1. The molecule has 1 N–H and O–H groups in total. The Bertz CT molecular complexity index is 3220. The van der Waals surface area contributed by atoms with E-state index in [0.29, 0.717) is 16.9 Å². The summed E-state index contributed by atoms with van der Waals surface area (Å²) in [6, 6.07) is 56.8. The van der Waals surface area contributed by atoms with Gasteiger partial charge in [-0.3, -0.25) is 9.55 Å². The molecule has 0 amide bonds. The second-order valence-corrected chi connectivity index (χ2v) is 18.3. The number of benzene rings is 7. The maximum atomic E-state index is 12.0. The third-order valence-corrected chi connectivity index (χ3v) is 11.8. The summed E-state index contributed by atoms with van der Waals surface area (Å²) in [4.78, 5) is 10.4. The molecule has 9 rings (SSSR count). The summed E-state index contributed by atoms with van der Waals surface area (Å²) < 4.78 is 27.1. The largest absolute Gasteiger partial charge is 0.507 e. The first-order valence-corrected chi connectivity index (χ1v) is 21.2. The van der Waals surface area contributed by atoms with Gasteiger partial charge in [0.2, 0.25) is 0 Å². The molecular formula is C58H52N3OPt-. The van der Waals surface area contributed by atoms with Gasteiger partial charge in [-0.2, -0.15) is 0 Å². The predicted molar refractivity (Wildman–Crippen MR) is 259 cm³/mol. The minimum atomic E-state index is -2.32. The number of fused-ring (bicyclic) bond motifs is 1. The fraction of sp³-hybridized carbons (Fsp3) is 0.172. The van der Waals surface area contributed by atoms with Crippen molar-refractivity contribution in [1.29, 1.82) is 0 Å². The topological polar surface area (TPSA) is 50.9 Å². The average Bonchev–Trinajstić information content (AvgIpc) is 3.68. The Kier molecular flexibility index (Phi) is 10.7. The Morgan fingerprint density at radius 3 is 1.86 bits per heavy atom. The summed E-state index contributed by atoms with van der Waals surface area (Å²) in [6.07, 6.45) is 1.86. The van der Waals surface area contributed by atoms with Crippen molar-refractivity contribution >= 4 is 11.0 Å². The molecule has 2 aromatic heterocycles. The van der Waals surface area contributed by atoms with Crippen LogP contribution in [0.5, 0.6) is 5.75 Å². The van der Waals surface area contributed by atoms with E-state index in [4.69, 9.17) is 14.1 Å². The van der Waals surface area contributed by atoms with Crippen LogP contribution in [0.4, 0.5) is 0 Å². The van der Waals surface area contributed by atoms with Crippen molar-refractivity contribution in [2.45, 2.75) is 66.1 Å². The van der Waals surface area contributed by atoms with Gasteiger partial charge in [-0.05, 0) is 93.9 Å². The number of imidazole rings is 1. The quantitative estimate of drug-likeness (QED) is 0.162. The fourth-order valence-corrected chi connectivity index (χ4v) is 8.23. The minimum absolute atomic E-state index is 0. The fourth-order valence-electron chi connectivity index (χ4n) is 8.23. The standard InChI is InChI=1S/C58H52N3O.Pt/c1-37-22-27-52(49(30-37)42-18-13-10-14-19-42)61-53-21-15-20-48(54(53)60-56(61)50-36-46(57(3,4)5)31-38(2)55(50)62)44-32-45(34-47(33-44)58(6,7)8)51-35-43(28-29-59-51)41-25-23-40(24-26-41)39-16-11-9-12-17-39;/h9-31,33-36,62H,1-8H3;/q-1;/i1D3;. The zero-order chi connectivity index (χ0) is 45.8. The van der Waals surface area contributed by atoms with Gasteiger partial charge in [-0.25, -0.2) is 4.98 Å². The van der Waals surface area contributed by atoms with Crippen LogP contribution in [0.15, 0.2) is 164 Å². The molecule has 316 valence electrons. The van der Waals surface area contributed by atoms with Gasteiger partial charge in [-0.15, -0.1) is 29.3 Å². The van der Waals surface area contributed by atoms with E-state index in [-0.39, 0.29) is 43.2 Å². The van der Waals surface area contributed by atoms with Crippen LogP contribution in [0.2, 0.25) is 0 Å². The molecule has 0 saturated heterocycles. The third-order valence-electron chi connectivity index (χ3n) is 11.8. The molecule has 63 heavy (non-hydrogen) atoms. The summed E-state index contributed by atoms with van der Waals surface area (Å²) in [5, 5.41) is 12.0. The van der Waals surface area contributed by atoms with Crippen molar-refractivity contribution in [2.24, 2.45) is 0 Å². The molecular weight excluding hydrogens is 950 g/mol. The van der Waals surface area contributed by atoms with Gasteiger partial charge in [-0.1, -0.05) is 173 Å². The van der Waals surface area contributed by atoms with Crippen LogP contribution in [-0.4, -0.2) is 19.6 Å². The van der Waals surface area contributed by atoms with E-state index in [2.05, 4.69) is 125 Å². The molecule has 0 unspecified atom stereocenters. The number of aromatic nitrogens is 3.